The van der Waals surface area contributed by atoms with Gasteiger partial charge in [-0.25, -0.2) is 0 Å². The quantitative estimate of drug-likeness (QED) is 0.560. The summed E-state index contributed by atoms with van der Waals surface area (Å²) in [6.07, 6.45) is 6.63. The third kappa shape index (κ3) is 3.93. The van der Waals surface area contributed by atoms with E-state index < -0.39 is 5.54 Å². The summed E-state index contributed by atoms with van der Waals surface area (Å²) >= 11 is 0. The summed E-state index contributed by atoms with van der Waals surface area (Å²) in [5.74, 6) is 0.856. The molecule has 6 nitrogen and oxygen atoms in total. The number of aromatic nitrogens is 1. The van der Waals surface area contributed by atoms with Gasteiger partial charge in [-0.2, -0.15) is 0 Å². The number of amides is 2. The van der Waals surface area contributed by atoms with Crippen molar-refractivity contribution in [3.63, 3.8) is 0 Å². The van der Waals surface area contributed by atoms with Crippen LogP contribution in [0.5, 0.6) is 0 Å². The Morgan fingerprint density at radius 3 is 2.76 bits per heavy atom. The average Bonchev–Trinajstić information content (AvgIpc) is 3.42. The first-order chi connectivity index (χ1) is 16.4. The van der Waals surface area contributed by atoms with Crippen LogP contribution >= 0.6 is 0 Å². The molecule has 34 heavy (non-hydrogen) atoms. The molecule has 1 fully saturated rings. The molecule has 4 atom stereocenters. The van der Waals surface area contributed by atoms with Gasteiger partial charge in [0.05, 0.1) is 18.3 Å². The molecule has 1 aliphatic carbocycles. The van der Waals surface area contributed by atoms with E-state index in [-0.39, 0.29) is 17.9 Å². The summed E-state index contributed by atoms with van der Waals surface area (Å²) in [7, 11) is 0. The molecule has 1 aliphatic heterocycles. The predicted octanol–water partition coefficient (Wildman–Crippen LogP) is 5.02. The largest absolute Gasteiger partial charge is 0.463 e. The smallest absolute Gasteiger partial charge is 0.271 e. The van der Waals surface area contributed by atoms with E-state index in [4.69, 9.17) is 4.42 Å². The molecule has 0 saturated heterocycles. The minimum atomic E-state index is -0.968. The van der Waals surface area contributed by atoms with E-state index in [1.54, 1.807) is 11.2 Å². The van der Waals surface area contributed by atoms with E-state index in [0.717, 1.165) is 31.2 Å². The highest BCUT2D eigenvalue weighted by Gasteiger charge is 2.48. The molecular formula is C28H35N3O3. The molecule has 5 rings (SSSR count). The molecule has 2 amide bonds. The zero-order valence-electron chi connectivity index (χ0n) is 20.4. The normalized spacial score (nSPS) is 27.1. The van der Waals surface area contributed by atoms with Crippen LogP contribution in [-0.2, 0) is 17.8 Å². The van der Waals surface area contributed by atoms with Crippen molar-refractivity contribution in [1.29, 1.82) is 0 Å². The van der Waals surface area contributed by atoms with Crippen molar-refractivity contribution in [2.75, 3.05) is 6.54 Å². The number of carbonyl (C=O) groups excluding carboxylic acids is 2. The average molecular weight is 462 g/mol. The van der Waals surface area contributed by atoms with Crippen LogP contribution in [0.4, 0.5) is 0 Å². The van der Waals surface area contributed by atoms with Crippen LogP contribution in [-0.4, -0.2) is 39.4 Å². The third-order valence-corrected chi connectivity index (χ3v) is 8.25. The first-order valence-corrected chi connectivity index (χ1v) is 12.6. The van der Waals surface area contributed by atoms with Crippen molar-refractivity contribution in [2.45, 2.75) is 71.0 Å². The van der Waals surface area contributed by atoms with E-state index in [1.807, 2.05) is 41.8 Å². The lowest BCUT2D eigenvalue weighted by molar-refractivity contribution is -0.134. The standard InChI is InChI=1S/C28H35N3O3/c1-19-9-7-13-22(20(19)2)29-27(33)28(3)18-30-23-14-16-34-25(23)17-24(30)26(32)31(28)15-8-12-21-10-5-4-6-11-21/h4-6,10-11,14,16-17,19-20,22H,7-9,12-13,15,18H2,1-3H3,(H,29,33)/t19-,20-,22+,28+/m1/s1. The molecule has 3 heterocycles. The second-order valence-corrected chi connectivity index (χ2v) is 10.5. The number of fused-ring (bicyclic) bond motifs is 3. The Bertz CT molecular complexity index is 1180. The Hall–Kier alpha value is -3.02. The molecule has 0 unspecified atom stereocenters. The van der Waals surface area contributed by atoms with Crippen LogP contribution in [0.25, 0.3) is 11.1 Å². The Morgan fingerprint density at radius 1 is 1.18 bits per heavy atom. The van der Waals surface area contributed by atoms with Gasteiger partial charge in [-0.1, -0.05) is 57.0 Å². The number of nitrogens with zero attached hydrogens (tertiary/aromatic N) is 2. The van der Waals surface area contributed by atoms with Crippen molar-refractivity contribution in [3.8, 4) is 0 Å². The van der Waals surface area contributed by atoms with Crippen LogP contribution in [0.2, 0.25) is 0 Å². The fourth-order valence-corrected chi connectivity index (χ4v) is 5.82. The summed E-state index contributed by atoms with van der Waals surface area (Å²) in [5, 5.41) is 3.36. The van der Waals surface area contributed by atoms with E-state index in [9.17, 15) is 9.59 Å². The Morgan fingerprint density at radius 2 is 1.97 bits per heavy atom. The van der Waals surface area contributed by atoms with Gasteiger partial charge < -0.3 is 19.2 Å². The van der Waals surface area contributed by atoms with E-state index in [0.29, 0.717) is 36.2 Å². The number of furan rings is 1. The van der Waals surface area contributed by atoms with E-state index in [1.165, 1.54) is 12.0 Å². The van der Waals surface area contributed by atoms with Crippen molar-refractivity contribution >= 4 is 22.9 Å². The number of nitrogens with one attached hydrogen (secondary N) is 1. The maximum Gasteiger partial charge on any atom is 0.271 e. The molecule has 0 radical (unpaired) electrons. The molecule has 1 saturated carbocycles. The van der Waals surface area contributed by atoms with Gasteiger partial charge in [0.15, 0.2) is 5.58 Å². The fraction of sp³-hybridized carbons (Fsp3) is 0.500. The maximum absolute atomic E-state index is 13.9. The van der Waals surface area contributed by atoms with Gasteiger partial charge in [-0.3, -0.25) is 9.59 Å². The van der Waals surface area contributed by atoms with Gasteiger partial charge >= 0.3 is 0 Å². The lowest BCUT2D eigenvalue weighted by atomic mass is 9.77. The lowest BCUT2D eigenvalue weighted by Gasteiger charge is -2.45. The summed E-state index contributed by atoms with van der Waals surface area (Å²) in [4.78, 5) is 29.4. The maximum atomic E-state index is 13.9. The first kappa shape index (κ1) is 22.8. The van der Waals surface area contributed by atoms with E-state index >= 15 is 0 Å². The second-order valence-electron chi connectivity index (χ2n) is 10.5. The van der Waals surface area contributed by atoms with Crippen molar-refractivity contribution in [1.82, 2.24) is 14.8 Å². The predicted molar refractivity (Wildman–Crippen MR) is 133 cm³/mol. The number of carbonyl (C=O) groups is 2. The summed E-state index contributed by atoms with van der Waals surface area (Å²) in [5.41, 5.74) is 2.42. The van der Waals surface area contributed by atoms with Crippen LogP contribution in [0, 0.1) is 11.8 Å². The Balaban J connectivity index is 1.42. The molecule has 1 aromatic carbocycles. The molecule has 2 aromatic heterocycles. The zero-order valence-corrected chi connectivity index (χ0v) is 20.4. The molecule has 6 heteroatoms. The number of aryl methyl sites for hydroxylation is 1. The highest BCUT2D eigenvalue weighted by molar-refractivity contribution is 6.02. The highest BCUT2D eigenvalue weighted by atomic mass is 16.3. The Labute approximate surface area is 201 Å². The highest BCUT2D eigenvalue weighted by Crippen LogP contribution is 2.35. The molecule has 3 aromatic rings. The van der Waals surface area contributed by atoms with Crippen LogP contribution in [0.15, 0.2) is 53.1 Å². The van der Waals surface area contributed by atoms with Gasteiger partial charge in [0, 0.05) is 24.7 Å². The summed E-state index contributed by atoms with van der Waals surface area (Å²) < 4.78 is 7.54. The molecule has 0 spiro atoms. The fourth-order valence-electron chi connectivity index (χ4n) is 5.82. The molecule has 2 aliphatic rings. The van der Waals surface area contributed by atoms with Crippen molar-refractivity contribution in [2.24, 2.45) is 11.8 Å². The monoisotopic (exact) mass is 461 g/mol. The molecular weight excluding hydrogens is 426 g/mol. The van der Waals surface area contributed by atoms with Gasteiger partial charge in [0.25, 0.3) is 5.91 Å². The second kappa shape index (κ2) is 8.97. The van der Waals surface area contributed by atoms with Crippen molar-refractivity contribution < 1.29 is 14.0 Å². The first-order valence-electron chi connectivity index (χ1n) is 12.6. The van der Waals surface area contributed by atoms with Crippen LogP contribution < -0.4 is 5.32 Å². The molecule has 180 valence electrons. The molecule has 0 bridgehead atoms. The van der Waals surface area contributed by atoms with Gasteiger partial charge in [-0.15, -0.1) is 0 Å². The van der Waals surface area contributed by atoms with Gasteiger partial charge in [0.1, 0.15) is 11.2 Å². The lowest BCUT2D eigenvalue weighted by Crippen LogP contribution is -2.65. The summed E-state index contributed by atoms with van der Waals surface area (Å²) in [6, 6.07) is 14.1. The van der Waals surface area contributed by atoms with E-state index in [2.05, 4.69) is 31.3 Å². The molecule has 1 N–H and O–H groups in total. The van der Waals surface area contributed by atoms with Crippen molar-refractivity contribution in [3.05, 3.63) is 60.0 Å². The topological polar surface area (TPSA) is 67.5 Å². The number of benzene rings is 1. The number of rotatable bonds is 6. The van der Waals surface area contributed by atoms with Crippen LogP contribution in [0.1, 0.15) is 62.5 Å². The number of hydrogen-bond donors (Lipinski definition) is 1. The van der Waals surface area contributed by atoms with Gasteiger partial charge in [-0.05, 0) is 43.6 Å². The minimum Gasteiger partial charge on any atom is -0.463 e. The third-order valence-electron chi connectivity index (χ3n) is 8.25. The van der Waals surface area contributed by atoms with Crippen LogP contribution in [0.3, 0.4) is 0 Å². The minimum absolute atomic E-state index is 0.0532. The summed E-state index contributed by atoms with van der Waals surface area (Å²) in [6.45, 7) is 7.38. The van der Waals surface area contributed by atoms with Gasteiger partial charge in [0.2, 0.25) is 5.91 Å². The SMILES string of the molecule is C[C@@H]1[C@H](C)CCC[C@@H]1NC(=O)[C@]1(C)Cn2c(cc3occc32)C(=O)N1CCCc1ccccc1. The Kier molecular flexibility index (Phi) is 6.00. The zero-order chi connectivity index (χ0) is 23.9. The number of hydrogen-bond acceptors (Lipinski definition) is 3.